The molecule has 0 atom stereocenters. The highest BCUT2D eigenvalue weighted by molar-refractivity contribution is 8.13. The summed E-state index contributed by atoms with van der Waals surface area (Å²) in [6.45, 7) is 1.54. The second kappa shape index (κ2) is 6.33. The number of thioether (sulfide) groups is 1. The van der Waals surface area contributed by atoms with Crippen LogP contribution in [0.25, 0.3) is 17.3 Å². The molecular weight excluding hydrogens is 263 g/mol. The van der Waals surface area contributed by atoms with Crippen LogP contribution in [0.15, 0.2) is 36.5 Å². The molecule has 0 fully saturated rings. The lowest BCUT2D eigenvalue weighted by Gasteiger charge is -1.99. The summed E-state index contributed by atoms with van der Waals surface area (Å²) in [7, 11) is 0. The maximum Gasteiger partial charge on any atom is 0.186 e. The number of halogens is 1. The van der Waals surface area contributed by atoms with Crippen molar-refractivity contribution in [2.45, 2.75) is 6.92 Å². The summed E-state index contributed by atoms with van der Waals surface area (Å²) in [5.74, 6) is 0.331. The predicted molar refractivity (Wildman–Crippen MR) is 76.2 cm³/mol. The fourth-order valence-corrected chi connectivity index (χ4v) is 2.06. The molecule has 0 unspecified atom stereocenters. The van der Waals surface area contributed by atoms with Crippen LogP contribution in [0, 0.1) is 5.82 Å². The lowest BCUT2D eigenvalue weighted by Crippen LogP contribution is -1.84. The summed E-state index contributed by atoms with van der Waals surface area (Å²) in [5.41, 5.74) is 2.38. The van der Waals surface area contributed by atoms with Crippen LogP contribution in [0.5, 0.6) is 0 Å². The van der Waals surface area contributed by atoms with Gasteiger partial charge in [-0.25, -0.2) is 4.39 Å². The zero-order valence-electron chi connectivity index (χ0n) is 10.4. The molecule has 1 aromatic carbocycles. The quantitative estimate of drug-likeness (QED) is 0.929. The molecule has 1 aromatic heterocycles. The number of hydrogen-bond acceptors (Lipinski definition) is 3. The molecule has 1 N–H and O–H groups in total. The minimum absolute atomic E-state index is 0.0854. The SMILES string of the molecule is CC(=O)SCC=Cc1cn[nH]c1-c1cccc(F)c1. The van der Waals surface area contributed by atoms with Crippen LogP contribution >= 0.6 is 11.8 Å². The number of aromatic amines is 1. The van der Waals surface area contributed by atoms with Crippen molar-refractivity contribution in [1.82, 2.24) is 10.2 Å². The Bertz CT molecular complexity index is 607. The van der Waals surface area contributed by atoms with Gasteiger partial charge in [0, 0.05) is 23.8 Å². The van der Waals surface area contributed by atoms with Crippen LogP contribution in [0.1, 0.15) is 12.5 Å². The summed E-state index contributed by atoms with van der Waals surface area (Å²) in [6.07, 6.45) is 5.44. The van der Waals surface area contributed by atoms with E-state index < -0.39 is 0 Å². The zero-order valence-corrected chi connectivity index (χ0v) is 11.2. The first-order chi connectivity index (χ1) is 9.16. The Morgan fingerprint density at radius 1 is 1.53 bits per heavy atom. The number of H-pyrrole nitrogens is 1. The van der Waals surface area contributed by atoms with E-state index in [0.717, 1.165) is 16.8 Å². The van der Waals surface area contributed by atoms with Gasteiger partial charge in [0.2, 0.25) is 0 Å². The highest BCUT2D eigenvalue weighted by atomic mass is 32.2. The Morgan fingerprint density at radius 2 is 2.37 bits per heavy atom. The maximum absolute atomic E-state index is 13.2. The first-order valence-corrected chi connectivity index (χ1v) is 6.74. The van der Waals surface area contributed by atoms with E-state index >= 15 is 0 Å². The molecule has 0 spiro atoms. The lowest BCUT2D eigenvalue weighted by molar-refractivity contribution is -0.109. The number of nitrogens with zero attached hydrogens (tertiary/aromatic N) is 1. The first kappa shape index (κ1) is 13.5. The maximum atomic E-state index is 13.2. The average molecular weight is 276 g/mol. The van der Waals surface area contributed by atoms with Gasteiger partial charge in [-0.05, 0) is 12.1 Å². The van der Waals surface area contributed by atoms with Gasteiger partial charge >= 0.3 is 0 Å². The zero-order chi connectivity index (χ0) is 13.7. The molecule has 0 saturated carbocycles. The van der Waals surface area contributed by atoms with E-state index in [-0.39, 0.29) is 10.9 Å². The molecule has 3 nitrogen and oxygen atoms in total. The van der Waals surface area contributed by atoms with Crippen molar-refractivity contribution in [3.05, 3.63) is 47.9 Å². The van der Waals surface area contributed by atoms with Crippen LogP contribution in [0.4, 0.5) is 4.39 Å². The Hall–Kier alpha value is -1.88. The van der Waals surface area contributed by atoms with E-state index in [4.69, 9.17) is 0 Å². The smallest absolute Gasteiger partial charge is 0.186 e. The molecular formula is C14H13FN2OS. The highest BCUT2D eigenvalue weighted by Gasteiger charge is 2.05. The fraction of sp³-hybridized carbons (Fsp3) is 0.143. The molecule has 2 rings (SSSR count). The van der Waals surface area contributed by atoms with Gasteiger partial charge in [-0.15, -0.1) is 0 Å². The van der Waals surface area contributed by atoms with Crippen molar-refractivity contribution in [3.8, 4) is 11.3 Å². The Morgan fingerprint density at radius 3 is 3.11 bits per heavy atom. The predicted octanol–water partition coefficient (Wildman–Crippen LogP) is 3.51. The molecule has 5 heteroatoms. The number of carbonyl (C=O) groups excluding carboxylic acids is 1. The Kier molecular flexibility index (Phi) is 4.52. The van der Waals surface area contributed by atoms with Crippen LogP contribution in [-0.4, -0.2) is 21.1 Å². The van der Waals surface area contributed by atoms with E-state index in [9.17, 15) is 9.18 Å². The van der Waals surface area contributed by atoms with Gasteiger partial charge in [-0.2, -0.15) is 5.10 Å². The van der Waals surface area contributed by atoms with Gasteiger partial charge in [0.05, 0.1) is 11.9 Å². The highest BCUT2D eigenvalue weighted by Crippen LogP contribution is 2.22. The molecule has 0 saturated heterocycles. The minimum Gasteiger partial charge on any atom is -0.288 e. The third-order valence-electron chi connectivity index (χ3n) is 2.46. The van der Waals surface area contributed by atoms with Gasteiger partial charge in [-0.3, -0.25) is 9.89 Å². The molecule has 2 aromatic rings. The van der Waals surface area contributed by atoms with Crippen LogP contribution in [0.3, 0.4) is 0 Å². The fourth-order valence-electron chi connectivity index (χ4n) is 1.64. The second-order valence-electron chi connectivity index (χ2n) is 3.92. The molecule has 0 radical (unpaired) electrons. The normalized spacial score (nSPS) is 11.1. The van der Waals surface area contributed by atoms with Crippen molar-refractivity contribution < 1.29 is 9.18 Å². The van der Waals surface area contributed by atoms with E-state index in [1.165, 1.54) is 30.8 Å². The molecule has 19 heavy (non-hydrogen) atoms. The van der Waals surface area contributed by atoms with Gasteiger partial charge in [0.25, 0.3) is 0 Å². The van der Waals surface area contributed by atoms with Crippen LogP contribution in [-0.2, 0) is 4.79 Å². The summed E-state index contributed by atoms with van der Waals surface area (Å²) in [6, 6.07) is 6.33. The number of rotatable bonds is 4. The molecule has 0 aliphatic rings. The lowest BCUT2D eigenvalue weighted by atomic mass is 10.1. The molecule has 0 amide bonds. The van der Waals surface area contributed by atoms with Gasteiger partial charge in [0.15, 0.2) is 5.12 Å². The third kappa shape index (κ3) is 3.79. The Labute approximate surface area is 114 Å². The summed E-state index contributed by atoms with van der Waals surface area (Å²) in [5, 5.41) is 6.91. The molecule has 0 aliphatic heterocycles. The molecule has 98 valence electrons. The van der Waals surface area contributed by atoms with Crippen LogP contribution in [0.2, 0.25) is 0 Å². The first-order valence-electron chi connectivity index (χ1n) is 5.76. The van der Waals surface area contributed by atoms with Crippen LogP contribution < -0.4 is 0 Å². The number of aromatic nitrogens is 2. The summed E-state index contributed by atoms with van der Waals surface area (Å²) < 4.78 is 13.2. The average Bonchev–Trinajstić information content (AvgIpc) is 2.83. The minimum atomic E-state index is -0.283. The molecule has 1 heterocycles. The summed E-state index contributed by atoms with van der Waals surface area (Å²) >= 11 is 1.24. The molecule has 0 bridgehead atoms. The van der Waals surface area contributed by atoms with Crippen molar-refractivity contribution >= 4 is 23.0 Å². The van der Waals surface area contributed by atoms with E-state index in [2.05, 4.69) is 10.2 Å². The Balaban J connectivity index is 2.16. The second-order valence-corrected chi connectivity index (χ2v) is 5.11. The standard InChI is InChI=1S/C14H13FN2OS/c1-10(18)19-7-3-5-12-9-16-17-14(12)11-4-2-6-13(15)8-11/h2-6,8-9H,7H2,1H3,(H,16,17). The monoisotopic (exact) mass is 276 g/mol. The van der Waals surface area contributed by atoms with Crippen molar-refractivity contribution in [2.75, 3.05) is 5.75 Å². The number of benzene rings is 1. The van der Waals surface area contributed by atoms with Gasteiger partial charge in [0.1, 0.15) is 5.82 Å². The van der Waals surface area contributed by atoms with Gasteiger partial charge < -0.3 is 0 Å². The number of nitrogens with one attached hydrogen (secondary N) is 1. The van der Waals surface area contributed by atoms with Crippen molar-refractivity contribution in [2.24, 2.45) is 0 Å². The van der Waals surface area contributed by atoms with E-state index in [1.807, 2.05) is 18.2 Å². The van der Waals surface area contributed by atoms with E-state index in [0.29, 0.717) is 5.75 Å². The summed E-state index contributed by atoms with van der Waals surface area (Å²) in [4.78, 5) is 10.8. The largest absolute Gasteiger partial charge is 0.288 e. The topological polar surface area (TPSA) is 45.8 Å². The third-order valence-corrected chi connectivity index (χ3v) is 3.23. The van der Waals surface area contributed by atoms with Gasteiger partial charge in [-0.1, -0.05) is 36.0 Å². The number of carbonyl (C=O) groups is 1. The number of hydrogen-bond donors (Lipinski definition) is 1. The van der Waals surface area contributed by atoms with Crippen molar-refractivity contribution in [3.63, 3.8) is 0 Å². The van der Waals surface area contributed by atoms with E-state index in [1.54, 1.807) is 12.3 Å². The van der Waals surface area contributed by atoms with Crippen molar-refractivity contribution in [1.29, 1.82) is 0 Å². The molecule has 0 aliphatic carbocycles.